The zero-order chi connectivity index (χ0) is 14.7. The molecule has 20 heavy (non-hydrogen) atoms. The van der Waals surface area contributed by atoms with Gasteiger partial charge in [0.2, 0.25) is 11.7 Å². The fraction of sp³-hybridized carbons (Fsp3) is 0.333. The minimum Gasteiger partial charge on any atom is -0.460 e. The van der Waals surface area contributed by atoms with E-state index in [1.807, 2.05) is 26.0 Å². The molecule has 0 spiro atoms. The second-order valence-corrected chi connectivity index (χ2v) is 5.00. The Morgan fingerprint density at radius 3 is 2.70 bits per heavy atom. The van der Waals surface area contributed by atoms with Crippen LogP contribution in [0.4, 0.5) is 0 Å². The minimum absolute atomic E-state index is 0.0504. The SMILES string of the molecule is CCOC(=O)c1oc(-c2ccccc2Cl)nc1C(C)C. The molecule has 5 heteroatoms. The van der Waals surface area contributed by atoms with Crippen molar-refractivity contribution in [1.29, 1.82) is 0 Å². The Bertz CT molecular complexity index is 619. The molecule has 0 amide bonds. The zero-order valence-corrected chi connectivity index (χ0v) is 12.4. The van der Waals surface area contributed by atoms with Crippen LogP contribution in [0.2, 0.25) is 5.02 Å². The van der Waals surface area contributed by atoms with E-state index in [1.165, 1.54) is 0 Å². The number of halogens is 1. The fourth-order valence-electron chi connectivity index (χ4n) is 1.82. The van der Waals surface area contributed by atoms with Crippen molar-refractivity contribution in [1.82, 2.24) is 4.98 Å². The molecule has 0 aliphatic heterocycles. The summed E-state index contributed by atoms with van der Waals surface area (Å²) < 4.78 is 10.6. The predicted octanol–water partition coefficient (Wildman–Crippen LogP) is 4.30. The Balaban J connectivity index is 2.50. The zero-order valence-electron chi connectivity index (χ0n) is 11.6. The van der Waals surface area contributed by atoms with Gasteiger partial charge in [0, 0.05) is 0 Å². The van der Waals surface area contributed by atoms with Crippen molar-refractivity contribution in [2.24, 2.45) is 0 Å². The van der Waals surface area contributed by atoms with Gasteiger partial charge in [0.25, 0.3) is 0 Å². The predicted molar refractivity (Wildman–Crippen MR) is 77.0 cm³/mol. The summed E-state index contributed by atoms with van der Waals surface area (Å²) >= 11 is 6.12. The molecule has 1 aromatic heterocycles. The van der Waals surface area contributed by atoms with E-state index >= 15 is 0 Å². The van der Waals surface area contributed by atoms with Gasteiger partial charge in [-0.3, -0.25) is 0 Å². The van der Waals surface area contributed by atoms with Crippen LogP contribution in [0, 0.1) is 0 Å². The summed E-state index contributed by atoms with van der Waals surface area (Å²) in [5.74, 6) is 0.0375. The first-order chi connectivity index (χ1) is 9.54. The van der Waals surface area contributed by atoms with Crippen LogP contribution in [0.15, 0.2) is 28.7 Å². The van der Waals surface area contributed by atoms with Gasteiger partial charge in [-0.25, -0.2) is 9.78 Å². The normalized spacial score (nSPS) is 10.8. The van der Waals surface area contributed by atoms with Crippen molar-refractivity contribution in [3.8, 4) is 11.5 Å². The van der Waals surface area contributed by atoms with Crippen molar-refractivity contribution in [3.63, 3.8) is 0 Å². The summed E-state index contributed by atoms with van der Waals surface area (Å²) in [7, 11) is 0. The van der Waals surface area contributed by atoms with Crippen LogP contribution < -0.4 is 0 Å². The summed E-state index contributed by atoms with van der Waals surface area (Å²) in [6.45, 7) is 5.92. The Morgan fingerprint density at radius 2 is 2.10 bits per heavy atom. The van der Waals surface area contributed by atoms with E-state index in [1.54, 1.807) is 19.1 Å². The highest BCUT2D eigenvalue weighted by Crippen LogP contribution is 2.31. The highest BCUT2D eigenvalue weighted by Gasteiger charge is 2.24. The van der Waals surface area contributed by atoms with Crippen LogP contribution in [-0.4, -0.2) is 17.6 Å². The van der Waals surface area contributed by atoms with Crippen molar-refractivity contribution < 1.29 is 13.9 Å². The maximum Gasteiger partial charge on any atom is 0.376 e. The van der Waals surface area contributed by atoms with Gasteiger partial charge < -0.3 is 9.15 Å². The van der Waals surface area contributed by atoms with Crippen LogP contribution in [0.1, 0.15) is 42.9 Å². The van der Waals surface area contributed by atoms with Gasteiger partial charge in [0.1, 0.15) is 0 Å². The molecule has 0 aliphatic carbocycles. The molecular formula is C15H16ClNO3. The van der Waals surface area contributed by atoms with Gasteiger partial charge >= 0.3 is 5.97 Å². The van der Waals surface area contributed by atoms with Gasteiger partial charge in [-0.05, 0) is 25.0 Å². The summed E-state index contributed by atoms with van der Waals surface area (Å²) in [6.07, 6.45) is 0. The van der Waals surface area contributed by atoms with E-state index in [-0.39, 0.29) is 11.7 Å². The smallest absolute Gasteiger partial charge is 0.376 e. The second-order valence-electron chi connectivity index (χ2n) is 4.59. The van der Waals surface area contributed by atoms with Gasteiger partial charge in [0.05, 0.1) is 22.9 Å². The minimum atomic E-state index is -0.498. The highest BCUT2D eigenvalue weighted by atomic mass is 35.5. The van der Waals surface area contributed by atoms with Crippen LogP contribution in [0.3, 0.4) is 0 Å². The average molecular weight is 294 g/mol. The van der Waals surface area contributed by atoms with Gasteiger partial charge in [-0.2, -0.15) is 0 Å². The molecule has 0 N–H and O–H groups in total. The molecule has 0 aliphatic rings. The first-order valence-corrected chi connectivity index (χ1v) is 6.85. The largest absolute Gasteiger partial charge is 0.460 e. The molecule has 1 heterocycles. The maximum atomic E-state index is 11.9. The number of hydrogen-bond acceptors (Lipinski definition) is 4. The number of aromatic nitrogens is 1. The maximum absolute atomic E-state index is 11.9. The molecule has 2 aromatic rings. The number of hydrogen-bond donors (Lipinski definition) is 0. The lowest BCUT2D eigenvalue weighted by Crippen LogP contribution is -2.07. The number of benzene rings is 1. The van der Waals surface area contributed by atoms with E-state index in [9.17, 15) is 4.79 Å². The van der Waals surface area contributed by atoms with E-state index in [2.05, 4.69) is 4.98 Å². The lowest BCUT2D eigenvalue weighted by Gasteiger charge is -2.02. The van der Waals surface area contributed by atoms with Crippen molar-refractivity contribution in [2.75, 3.05) is 6.61 Å². The fourth-order valence-corrected chi connectivity index (χ4v) is 2.03. The Kier molecular flexibility index (Phi) is 4.45. The third-order valence-electron chi connectivity index (χ3n) is 2.77. The van der Waals surface area contributed by atoms with Crippen molar-refractivity contribution >= 4 is 17.6 Å². The molecule has 0 unspecified atom stereocenters. The standard InChI is InChI=1S/C15H16ClNO3/c1-4-19-15(18)13-12(9(2)3)17-14(20-13)10-7-5-6-8-11(10)16/h5-9H,4H2,1-3H3. The molecule has 0 saturated heterocycles. The van der Waals surface area contributed by atoms with Gasteiger partial charge in [-0.1, -0.05) is 37.6 Å². The Morgan fingerprint density at radius 1 is 1.40 bits per heavy atom. The lowest BCUT2D eigenvalue weighted by molar-refractivity contribution is 0.0488. The van der Waals surface area contributed by atoms with Crippen LogP contribution >= 0.6 is 11.6 Å². The van der Waals surface area contributed by atoms with Crippen molar-refractivity contribution in [2.45, 2.75) is 26.7 Å². The highest BCUT2D eigenvalue weighted by molar-refractivity contribution is 6.33. The molecule has 0 atom stereocenters. The summed E-state index contributed by atoms with van der Waals surface area (Å²) in [4.78, 5) is 16.3. The Labute approximate surface area is 122 Å². The molecule has 106 valence electrons. The van der Waals surface area contributed by atoms with Crippen molar-refractivity contribution in [3.05, 3.63) is 40.7 Å². The lowest BCUT2D eigenvalue weighted by atomic mass is 10.1. The van der Waals surface area contributed by atoms with Gasteiger partial charge in [-0.15, -0.1) is 0 Å². The number of nitrogens with zero attached hydrogens (tertiary/aromatic N) is 1. The quantitative estimate of drug-likeness (QED) is 0.789. The summed E-state index contributed by atoms with van der Waals surface area (Å²) in [6, 6.07) is 7.21. The number of oxazole rings is 1. The number of carbonyl (C=O) groups is 1. The molecule has 4 nitrogen and oxygen atoms in total. The molecule has 0 saturated carbocycles. The first-order valence-electron chi connectivity index (χ1n) is 6.47. The van der Waals surface area contributed by atoms with E-state index in [0.717, 1.165) is 0 Å². The molecule has 1 aromatic carbocycles. The van der Waals surface area contributed by atoms with Crippen LogP contribution in [-0.2, 0) is 4.74 Å². The number of rotatable bonds is 4. The monoisotopic (exact) mass is 293 g/mol. The third kappa shape index (κ3) is 2.85. The molecular weight excluding hydrogens is 278 g/mol. The molecule has 0 fully saturated rings. The molecule has 2 rings (SSSR count). The molecule has 0 radical (unpaired) electrons. The van der Waals surface area contributed by atoms with E-state index < -0.39 is 5.97 Å². The third-order valence-corrected chi connectivity index (χ3v) is 3.09. The van der Waals surface area contributed by atoms with Crippen LogP contribution in [0.25, 0.3) is 11.5 Å². The Hall–Kier alpha value is -1.81. The second kappa shape index (κ2) is 6.09. The number of carbonyl (C=O) groups excluding carboxylic acids is 1. The first kappa shape index (κ1) is 14.6. The topological polar surface area (TPSA) is 52.3 Å². The van der Waals surface area contributed by atoms with E-state index in [4.69, 9.17) is 20.8 Å². The summed E-state index contributed by atoms with van der Waals surface area (Å²) in [5.41, 5.74) is 1.24. The number of esters is 1. The van der Waals surface area contributed by atoms with Crippen LogP contribution in [0.5, 0.6) is 0 Å². The average Bonchev–Trinajstić information content (AvgIpc) is 2.84. The summed E-state index contributed by atoms with van der Waals surface area (Å²) in [5, 5.41) is 0.527. The molecule has 0 bridgehead atoms. The van der Waals surface area contributed by atoms with Gasteiger partial charge in [0.15, 0.2) is 0 Å². The van der Waals surface area contributed by atoms with E-state index in [0.29, 0.717) is 28.8 Å². The number of ether oxygens (including phenoxy) is 1.